The second-order valence-electron chi connectivity index (χ2n) is 5.36. The molecule has 0 aromatic heterocycles. The van der Waals surface area contributed by atoms with Gasteiger partial charge in [0.1, 0.15) is 0 Å². The second-order valence-corrected chi connectivity index (χ2v) is 5.36. The minimum Gasteiger partial charge on any atom is -0.336 e. The van der Waals surface area contributed by atoms with Crippen molar-refractivity contribution in [3.05, 3.63) is 29.6 Å². The summed E-state index contributed by atoms with van der Waals surface area (Å²) in [5.41, 5.74) is -0.489. The lowest BCUT2D eigenvalue weighted by atomic mass is 10.2. The van der Waals surface area contributed by atoms with Gasteiger partial charge in [-0.1, -0.05) is 0 Å². The molecule has 1 saturated heterocycles. The van der Waals surface area contributed by atoms with Gasteiger partial charge in [-0.25, -0.2) is 18.0 Å². The highest BCUT2D eigenvalue weighted by atomic mass is 19.2. The largest absolute Gasteiger partial charge is 0.336 e. The number of rotatable bonds is 5. The number of urea groups is 1. The molecular weight excluding hydrogens is 329 g/mol. The van der Waals surface area contributed by atoms with E-state index in [-0.39, 0.29) is 19.6 Å². The van der Waals surface area contributed by atoms with E-state index in [2.05, 4.69) is 10.6 Å². The first-order valence-electron chi connectivity index (χ1n) is 7.12. The highest BCUT2D eigenvalue weighted by molar-refractivity contribution is 5.96. The molecule has 1 unspecified atom stereocenters. The standard InChI is InChI=1S/C14H15F3N4O3/c1-20(7-11(23)21-5-4-18-14(21)24)6-10(22)19-9-3-2-8(15)12(16)13(9)17/h2-3H,4-7H2,1H3,(H,18,24)(H,19,22)/p+1. The molecular formula is C14H16F3N4O3+. The summed E-state index contributed by atoms with van der Waals surface area (Å²) in [6.07, 6.45) is 0. The van der Waals surface area contributed by atoms with Crippen LogP contribution in [0.3, 0.4) is 0 Å². The van der Waals surface area contributed by atoms with Gasteiger partial charge in [0.15, 0.2) is 30.5 Å². The molecule has 1 heterocycles. The third kappa shape index (κ3) is 4.02. The highest BCUT2D eigenvalue weighted by Crippen LogP contribution is 2.19. The molecule has 1 fully saturated rings. The lowest BCUT2D eigenvalue weighted by Gasteiger charge is -2.17. The van der Waals surface area contributed by atoms with Crippen LogP contribution in [0.5, 0.6) is 0 Å². The topological polar surface area (TPSA) is 82.9 Å². The van der Waals surface area contributed by atoms with Crippen LogP contribution in [-0.2, 0) is 9.59 Å². The maximum absolute atomic E-state index is 13.5. The molecule has 1 aliphatic heterocycles. The number of benzene rings is 1. The number of nitrogens with one attached hydrogen (secondary N) is 3. The molecule has 0 aliphatic carbocycles. The number of carbonyl (C=O) groups is 3. The minimum atomic E-state index is -1.68. The fourth-order valence-electron chi connectivity index (χ4n) is 2.22. The molecule has 2 rings (SSSR count). The van der Waals surface area contributed by atoms with Crippen molar-refractivity contribution in [1.29, 1.82) is 0 Å². The third-order valence-electron chi connectivity index (χ3n) is 3.38. The van der Waals surface area contributed by atoms with Gasteiger partial charge < -0.3 is 15.5 Å². The first-order chi connectivity index (χ1) is 11.3. The van der Waals surface area contributed by atoms with Crippen LogP contribution >= 0.6 is 0 Å². The van der Waals surface area contributed by atoms with Crippen LogP contribution in [0, 0.1) is 17.5 Å². The number of halogens is 3. The Hall–Kier alpha value is -2.62. The molecule has 0 spiro atoms. The number of carbonyl (C=O) groups excluding carboxylic acids is 3. The summed E-state index contributed by atoms with van der Waals surface area (Å²) in [4.78, 5) is 36.6. The number of imide groups is 1. The summed E-state index contributed by atoms with van der Waals surface area (Å²) in [7, 11) is 1.53. The number of nitrogens with zero attached hydrogens (tertiary/aromatic N) is 1. The predicted molar refractivity (Wildman–Crippen MR) is 76.7 cm³/mol. The van der Waals surface area contributed by atoms with E-state index in [4.69, 9.17) is 0 Å². The minimum absolute atomic E-state index is 0.124. The van der Waals surface area contributed by atoms with Gasteiger partial charge in [0.25, 0.3) is 11.8 Å². The molecule has 24 heavy (non-hydrogen) atoms. The maximum Gasteiger partial charge on any atom is 0.324 e. The van der Waals surface area contributed by atoms with Gasteiger partial charge in [0, 0.05) is 13.1 Å². The Morgan fingerprint density at radius 1 is 1.25 bits per heavy atom. The van der Waals surface area contributed by atoms with Crippen molar-refractivity contribution in [1.82, 2.24) is 10.2 Å². The molecule has 7 nitrogen and oxygen atoms in total. The molecule has 3 N–H and O–H groups in total. The van der Waals surface area contributed by atoms with Crippen LogP contribution in [0.15, 0.2) is 12.1 Å². The number of hydrogen-bond donors (Lipinski definition) is 3. The van der Waals surface area contributed by atoms with E-state index in [0.29, 0.717) is 17.5 Å². The van der Waals surface area contributed by atoms with Gasteiger partial charge in [-0.05, 0) is 12.1 Å². The van der Waals surface area contributed by atoms with Crippen LogP contribution in [0.4, 0.5) is 23.7 Å². The van der Waals surface area contributed by atoms with Gasteiger partial charge in [0.2, 0.25) is 0 Å². The summed E-state index contributed by atoms with van der Waals surface area (Å²) in [5.74, 6) is -5.66. The number of quaternary nitrogens is 1. The normalized spacial score (nSPS) is 15.2. The molecule has 130 valence electrons. The Balaban J connectivity index is 1.89. The Kier molecular flexibility index (Phi) is 5.39. The van der Waals surface area contributed by atoms with Gasteiger partial charge in [-0.15, -0.1) is 0 Å². The van der Waals surface area contributed by atoms with Gasteiger partial charge in [0.05, 0.1) is 12.7 Å². The van der Waals surface area contributed by atoms with Crippen molar-refractivity contribution >= 4 is 23.5 Å². The smallest absolute Gasteiger partial charge is 0.324 e. The summed E-state index contributed by atoms with van der Waals surface area (Å²) >= 11 is 0. The van der Waals surface area contributed by atoms with E-state index >= 15 is 0 Å². The van der Waals surface area contributed by atoms with Crippen LogP contribution < -0.4 is 15.5 Å². The summed E-state index contributed by atoms with van der Waals surface area (Å²) in [6, 6.07) is 1.11. The van der Waals surface area contributed by atoms with E-state index in [1.54, 1.807) is 0 Å². The molecule has 1 aromatic carbocycles. The Bertz CT molecular complexity index is 683. The van der Waals surface area contributed by atoms with Crippen molar-refractivity contribution in [2.45, 2.75) is 0 Å². The quantitative estimate of drug-likeness (QED) is 0.606. The SMILES string of the molecule is C[NH+](CC(=O)Nc1ccc(F)c(F)c1F)CC(=O)N1CCNC1=O. The predicted octanol–water partition coefficient (Wildman–Crippen LogP) is -0.891. The number of anilines is 1. The molecule has 4 amide bonds. The Labute approximate surface area is 135 Å². The van der Waals surface area contributed by atoms with E-state index in [1.807, 2.05) is 0 Å². The lowest BCUT2D eigenvalue weighted by molar-refractivity contribution is -0.862. The van der Waals surface area contributed by atoms with Crippen molar-refractivity contribution in [3.63, 3.8) is 0 Å². The first kappa shape index (κ1) is 17.7. The van der Waals surface area contributed by atoms with Crippen molar-refractivity contribution in [3.8, 4) is 0 Å². The molecule has 1 atom stereocenters. The molecule has 10 heteroatoms. The molecule has 1 aliphatic rings. The van der Waals surface area contributed by atoms with Crippen molar-refractivity contribution in [2.75, 3.05) is 38.5 Å². The average Bonchev–Trinajstić information content (AvgIpc) is 2.94. The zero-order valence-electron chi connectivity index (χ0n) is 12.8. The molecule has 0 bridgehead atoms. The number of hydrogen-bond acceptors (Lipinski definition) is 3. The lowest BCUT2D eigenvalue weighted by Crippen LogP contribution is -3.11. The monoisotopic (exact) mass is 345 g/mol. The zero-order chi connectivity index (χ0) is 17.9. The molecule has 0 radical (unpaired) electrons. The number of likely N-dealkylation sites (N-methyl/N-ethyl adjacent to an activating group) is 1. The van der Waals surface area contributed by atoms with Gasteiger partial charge >= 0.3 is 6.03 Å². The first-order valence-corrected chi connectivity index (χ1v) is 7.12. The van der Waals surface area contributed by atoms with E-state index in [0.717, 1.165) is 11.0 Å². The number of amides is 4. The van der Waals surface area contributed by atoms with Crippen molar-refractivity contribution in [2.24, 2.45) is 0 Å². The highest BCUT2D eigenvalue weighted by Gasteiger charge is 2.28. The van der Waals surface area contributed by atoms with Crippen LogP contribution in [0.2, 0.25) is 0 Å². The third-order valence-corrected chi connectivity index (χ3v) is 3.38. The summed E-state index contributed by atoms with van der Waals surface area (Å²) < 4.78 is 39.4. The fourth-order valence-corrected chi connectivity index (χ4v) is 2.22. The van der Waals surface area contributed by atoms with Gasteiger partial charge in [-0.3, -0.25) is 14.5 Å². The van der Waals surface area contributed by atoms with Crippen LogP contribution in [0.25, 0.3) is 0 Å². The maximum atomic E-state index is 13.5. The van der Waals surface area contributed by atoms with Crippen molar-refractivity contribution < 1.29 is 32.5 Å². The Morgan fingerprint density at radius 3 is 2.58 bits per heavy atom. The molecule has 0 saturated carbocycles. The second kappa shape index (κ2) is 7.30. The van der Waals surface area contributed by atoms with Crippen LogP contribution in [0.1, 0.15) is 0 Å². The van der Waals surface area contributed by atoms with E-state index in [1.165, 1.54) is 7.05 Å². The zero-order valence-corrected chi connectivity index (χ0v) is 12.8. The van der Waals surface area contributed by atoms with E-state index < -0.39 is 41.0 Å². The molecule has 1 aromatic rings. The van der Waals surface area contributed by atoms with E-state index in [9.17, 15) is 27.6 Å². The van der Waals surface area contributed by atoms with Crippen LogP contribution in [-0.4, -0.2) is 56.0 Å². The summed E-state index contributed by atoms with van der Waals surface area (Å²) in [6.45, 7) is 0.289. The summed E-state index contributed by atoms with van der Waals surface area (Å²) in [5, 5.41) is 4.60. The van der Waals surface area contributed by atoms with Gasteiger partial charge in [-0.2, -0.15) is 0 Å². The fraction of sp³-hybridized carbons (Fsp3) is 0.357. The Morgan fingerprint density at radius 2 is 1.96 bits per heavy atom. The average molecular weight is 345 g/mol.